The Balaban J connectivity index is 0.00000176. The van der Waals surface area contributed by atoms with E-state index in [-0.39, 0.29) is 0 Å². The van der Waals surface area contributed by atoms with Crippen molar-refractivity contribution in [2.24, 2.45) is 10.7 Å². The lowest BCUT2D eigenvalue weighted by molar-refractivity contribution is 0.585. The van der Waals surface area contributed by atoms with Crippen LogP contribution in [0.5, 0.6) is 0 Å². The van der Waals surface area contributed by atoms with E-state index < -0.39 is 5.54 Å². The normalized spacial score (nSPS) is 13.7. The average molecular weight is 363 g/mol. The Labute approximate surface area is 165 Å². The molecular weight excluding hydrogens is 328 g/mol. The molecule has 2 N–H and O–H groups in total. The molecule has 1 atom stereocenters. The van der Waals surface area contributed by atoms with Gasteiger partial charge in [0.1, 0.15) is 0 Å². The van der Waals surface area contributed by atoms with Gasteiger partial charge in [0, 0.05) is 5.71 Å². The van der Waals surface area contributed by atoms with E-state index in [1.54, 1.807) is 0 Å². The summed E-state index contributed by atoms with van der Waals surface area (Å²) in [5.74, 6) is 0. The zero-order valence-electron chi connectivity index (χ0n) is 17.9. The van der Waals surface area contributed by atoms with Crippen LogP contribution < -0.4 is 5.73 Å². The average Bonchev–Trinajstić information content (AvgIpc) is 2.64. The molecule has 2 heteroatoms. The van der Waals surface area contributed by atoms with E-state index in [2.05, 4.69) is 50.8 Å². The number of nitrogens with zero attached hydrogens (tertiary/aromatic N) is 1. The topological polar surface area (TPSA) is 38.4 Å². The van der Waals surface area contributed by atoms with Crippen LogP contribution in [0.2, 0.25) is 0 Å². The predicted molar refractivity (Wildman–Crippen MR) is 122 cm³/mol. The van der Waals surface area contributed by atoms with Crippen molar-refractivity contribution in [3.63, 3.8) is 0 Å². The Hall–Kier alpha value is -2.45. The monoisotopic (exact) mass is 362 g/mol. The van der Waals surface area contributed by atoms with Crippen LogP contribution in [0.3, 0.4) is 0 Å². The molecule has 2 aromatic rings. The molecule has 0 fully saturated rings. The summed E-state index contributed by atoms with van der Waals surface area (Å²) in [5, 5.41) is 0. The van der Waals surface area contributed by atoms with Gasteiger partial charge in [-0.2, -0.15) is 0 Å². The van der Waals surface area contributed by atoms with Crippen molar-refractivity contribution in [3.8, 4) is 0 Å². The highest BCUT2D eigenvalue weighted by molar-refractivity contribution is 5.98. The molecule has 0 heterocycles. The minimum Gasteiger partial charge on any atom is -0.318 e. The largest absolute Gasteiger partial charge is 0.318 e. The second-order valence-electron chi connectivity index (χ2n) is 6.93. The Morgan fingerprint density at radius 2 is 1.63 bits per heavy atom. The predicted octanol–water partition coefficient (Wildman–Crippen LogP) is 6.89. The first-order chi connectivity index (χ1) is 12.7. The lowest BCUT2D eigenvalue weighted by atomic mass is 9.83. The van der Waals surface area contributed by atoms with E-state index in [9.17, 15) is 0 Å². The molecule has 0 saturated heterocycles. The number of benzene rings is 2. The van der Waals surface area contributed by atoms with Crippen molar-refractivity contribution in [2.75, 3.05) is 0 Å². The molecule has 0 aliphatic rings. The smallest absolute Gasteiger partial charge is 0.0665 e. The summed E-state index contributed by atoms with van der Waals surface area (Å²) in [5.41, 5.74) is 13.3. The molecule has 2 aromatic carbocycles. The highest BCUT2D eigenvalue weighted by Gasteiger charge is 2.24. The van der Waals surface area contributed by atoms with E-state index in [0.29, 0.717) is 0 Å². The third-order valence-electron chi connectivity index (χ3n) is 4.60. The van der Waals surface area contributed by atoms with Gasteiger partial charge >= 0.3 is 0 Å². The number of hydrogen-bond donors (Lipinski definition) is 1. The summed E-state index contributed by atoms with van der Waals surface area (Å²) in [6.07, 6.45) is 4.11. The van der Waals surface area contributed by atoms with Crippen LogP contribution in [-0.4, -0.2) is 5.71 Å². The highest BCUT2D eigenvalue weighted by atomic mass is 14.8. The molecule has 0 saturated carbocycles. The molecule has 2 rings (SSSR count). The third-order valence-corrected chi connectivity index (χ3v) is 4.60. The van der Waals surface area contributed by atoms with E-state index in [0.717, 1.165) is 33.7 Å². The summed E-state index contributed by atoms with van der Waals surface area (Å²) < 4.78 is 0. The van der Waals surface area contributed by atoms with Crippen LogP contribution in [0.1, 0.15) is 56.9 Å². The second-order valence-corrected chi connectivity index (χ2v) is 6.93. The highest BCUT2D eigenvalue weighted by Crippen LogP contribution is 2.33. The second kappa shape index (κ2) is 10.0. The van der Waals surface area contributed by atoms with Crippen molar-refractivity contribution >= 4 is 17.5 Å². The minimum absolute atomic E-state index is 0.560. The van der Waals surface area contributed by atoms with Gasteiger partial charge in [0.05, 0.1) is 11.2 Å². The van der Waals surface area contributed by atoms with Gasteiger partial charge in [-0.3, -0.25) is 4.99 Å². The third kappa shape index (κ3) is 6.04. The van der Waals surface area contributed by atoms with E-state index >= 15 is 0 Å². The molecule has 0 aliphatic heterocycles. The maximum absolute atomic E-state index is 6.50. The Bertz CT molecular complexity index is 825. The van der Waals surface area contributed by atoms with Gasteiger partial charge in [-0.25, -0.2) is 0 Å². The van der Waals surface area contributed by atoms with Gasteiger partial charge in [0.2, 0.25) is 0 Å². The number of allylic oxidation sites excluding steroid dienone is 1. The maximum Gasteiger partial charge on any atom is 0.0665 e. The van der Waals surface area contributed by atoms with Gasteiger partial charge in [0.25, 0.3) is 0 Å². The molecule has 144 valence electrons. The molecule has 0 spiro atoms. The standard InChI is InChI=1S/C23H28N2.C2H6/c1-16(2)23(6,24)21-15-22(18(4)14-17(21)3)25-19(5)12-13-20-10-8-7-9-11-20;1-2/h7-15H,1,24H2,2-6H3;1-2H3/b13-12+,25-19?;. The molecule has 1 unspecified atom stereocenters. The van der Waals surface area contributed by atoms with Crippen LogP contribution in [-0.2, 0) is 5.54 Å². The molecule has 0 aromatic heterocycles. The van der Waals surface area contributed by atoms with E-state index in [4.69, 9.17) is 10.7 Å². The quantitative estimate of drug-likeness (QED) is 0.456. The molecule has 0 radical (unpaired) electrons. The van der Waals surface area contributed by atoms with Gasteiger partial charge in [-0.05, 0) is 69.0 Å². The van der Waals surface area contributed by atoms with Crippen LogP contribution in [0.4, 0.5) is 5.69 Å². The van der Waals surface area contributed by atoms with Gasteiger partial charge < -0.3 is 5.73 Å². The van der Waals surface area contributed by atoms with Crippen LogP contribution >= 0.6 is 0 Å². The summed E-state index contributed by atoms with van der Waals surface area (Å²) in [7, 11) is 0. The minimum atomic E-state index is -0.560. The molecule has 0 aliphatic carbocycles. The Morgan fingerprint density at radius 1 is 1.04 bits per heavy atom. The first-order valence-electron chi connectivity index (χ1n) is 9.57. The van der Waals surface area contributed by atoms with Gasteiger partial charge in [0.15, 0.2) is 0 Å². The molecule has 27 heavy (non-hydrogen) atoms. The van der Waals surface area contributed by atoms with Crippen molar-refractivity contribution in [2.45, 2.75) is 54.0 Å². The van der Waals surface area contributed by atoms with Crippen molar-refractivity contribution in [1.82, 2.24) is 0 Å². The molecule has 2 nitrogen and oxygen atoms in total. The fraction of sp³-hybridized carbons (Fsp3) is 0.320. The van der Waals surface area contributed by atoms with E-state index in [1.807, 2.05) is 58.9 Å². The zero-order chi connectivity index (χ0) is 20.6. The lowest BCUT2D eigenvalue weighted by Gasteiger charge is -2.28. The van der Waals surface area contributed by atoms with Crippen LogP contribution in [0.25, 0.3) is 6.08 Å². The Morgan fingerprint density at radius 3 is 2.19 bits per heavy atom. The van der Waals surface area contributed by atoms with Crippen molar-refractivity contribution in [1.29, 1.82) is 0 Å². The molecule has 0 amide bonds. The van der Waals surface area contributed by atoms with Gasteiger partial charge in [-0.15, -0.1) is 0 Å². The van der Waals surface area contributed by atoms with E-state index in [1.165, 1.54) is 5.56 Å². The lowest BCUT2D eigenvalue weighted by Crippen LogP contribution is -2.34. The zero-order valence-corrected chi connectivity index (χ0v) is 17.9. The summed E-state index contributed by atoms with van der Waals surface area (Å²) in [4.78, 5) is 4.79. The summed E-state index contributed by atoms with van der Waals surface area (Å²) in [6.45, 7) is 18.2. The number of nitrogens with two attached hydrogens (primary N) is 1. The first kappa shape index (κ1) is 22.6. The summed E-state index contributed by atoms with van der Waals surface area (Å²) >= 11 is 0. The van der Waals surface area contributed by atoms with Gasteiger partial charge in [-0.1, -0.05) is 68.5 Å². The molecule has 0 bridgehead atoms. The maximum atomic E-state index is 6.50. The number of aliphatic imine (C=N–C) groups is 1. The molecular formula is C25H34N2. The fourth-order valence-corrected chi connectivity index (χ4v) is 2.76. The number of rotatable bonds is 5. The van der Waals surface area contributed by atoms with Crippen molar-refractivity contribution in [3.05, 3.63) is 82.9 Å². The summed E-state index contributed by atoms with van der Waals surface area (Å²) in [6, 6.07) is 14.5. The fourth-order valence-electron chi connectivity index (χ4n) is 2.76. The van der Waals surface area contributed by atoms with Crippen LogP contribution in [0.15, 0.2) is 65.7 Å². The Kier molecular flexibility index (Phi) is 8.39. The number of aryl methyl sites for hydroxylation is 2. The first-order valence-corrected chi connectivity index (χ1v) is 9.57. The number of hydrogen-bond acceptors (Lipinski definition) is 2. The van der Waals surface area contributed by atoms with Crippen LogP contribution in [0, 0.1) is 13.8 Å². The SMILES string of the molecule is C=C(C)C(C)(N)c1cc(N=C(C)/C=C/c2ccccc2)c(C)cc1C.CC. The van der Waals surface area contributed by atoms with Crippen molar-refractivity contribution < 1.29 is 0 Å².